The normalized spacial score (nSPS) is 17.2. The topological polar surface area (TPSA) is 55.8 Å². The highest BCUT2D eigenvalue weighted by Gasteiger charge is 2.46. The average Bonchev–Trinajstić information content (AvgIpc) is 2.76. The molecule has 24 heavy (non-hydrogen) atoms. The van der Waals surface area contributed by atoms with Crippen molar-refractivity contribution in [3.05, 3.63) is 34.5 Å². The van der Waals surface area contributed by atoms with Gasteiger partial charge in [-0.1, -0.05) is 25.4 Å². The molecule has 0 saturated carbocycles. The van der Waals surface area contributed by atoms with Gasteiger partial charge in [0.05, 0.1) is 5.02 Å². The lowest BCUT2D eigenvalue weighted by atomic mass is 9.92. The van der Waals surface area contributed by atoms with Crippen LogP contribution in [0.5, 0.6) is 5.75 Å². The molecule has 1 N–H and O–H groups in total. The summed E-state index contributed by atoms with van der Waals surface area (Å²) in [7, 11) is 0. The molecule has 1 aliphatic rings. The van der Waals surface area contributed by atoms with Gasteiger partial charge in [-0.25, -0.2) is 4.79 Å². The van der Waals surface area contributed by atoms with E-state index in [1.807, 2.05) is 0 Å². The third kappa shape index (κ3) is 3.45. The van der Waals surface area contributed by atoms with Gasteiger partial charge in [0.2, 0.25) is 0 Å². The summed E-state index contributed by atoms with van der Waals surface area (Å²) in [6.07, 6.45) is -3.70. The SMILES string of the molecule is CCC1(CC)OC(=O)C(c2ccc(OCC(F)(F)F)cc2Cl)=C1O. The number of ether oxygens (including phenoxy) is 2. The van der Waals surface area contributed by atoms with Crippen LogP contribution in [0.2, 0.25) is 5.02 Å². The number of aliphatic hydroxyl groups excluding tert-OH is 1. The molecule has 8 heteroatoms. The van der Waals surface area contributed by atoms with E-state index in [0.717, 1.165) is 6.07 Å². The lowest BCUT2D eigenvalue weighted by Crippen LogP contribution is -2.30. The summed E-state index contributed by atoms with van der Waals surface area (Å²) in [6, 6.07) is 3.73. The van der Waals surface area contributed by atoms with Gasteiger partial charge in [-0.15, -0.1) is 0 Å². The molecule has 0 amide bonds. The first kappa shape index (κ1) is 18.4. The van der Waals surface area contributed by atoms with E-state index in [2.05, 4.69) is 4.74 Å². The number of hydrogen-bond acceptors (Lipinski definition) is 4. The largest absolute Gasteiger partial charge is 0.507 e. The van der Waals surface area contributed by atoms with Crippen molar-refractivity contribution in [1.82, 2.24) is 0 Å². The number of carbonyl (C=O) groups excluding carboxylic acids is 1. The molecule has 0 spiro atoms. The Balaban J connectivity index is 2.36. The van der Waals surface area contributed by atoms with Crippen LogP contribution in [0.3, 0.4) is 0 Å². The lowest BCUT2D eigenvalue weighted by molar-refractivity contribution is -0.153. The zero-order valence-corrected chi connectivity index (χ0v) is 13.8. The van der Waals surface area contributed by atoms with E-state index in [0.29, 0.717) is 12.8 Å². The van der Waals surface area contributed by atoms with Gasteiger partial charge in [0.15, 0.2) is 18.0 Å². The van der Waals surface area contributed by atoms with Gasteiger partial charge < -0.3 is 14.6 Å². The first-order chi connectivity index (χ1) is 11.1. The highest BCUT2D eigenvalue weighted by atomic mass is 35.5. The molecule has 0 atom stereocenters. The molecule has 1 aliphatic heterocycles. The Morgan fingerprint density at radius 1 is 1.29 bits per heavy atom. The number of benzene rings is 1. The Morgan fingerprint density at radius 2 is 1.92 bits per heavy atom. The summed E-state index contributed by atoms with van der Waals surface area (Å²) in [5.41, 5.74) is -0.991. The van der Waals surface area contributed by atoms with Gasteiger partial charge in [-0.05, 0) is 31.0 Å². The number of hydrogen-bond donors (Lipinski definition) is 1. The summed E-state index contributed by atoms with van der Waals surface area (Å²) >= 11 is 6.06. The molecule has 1 heterocycles. The number of esters is 1. The van der Waals surface area contributed by atoms with Crippen LogP contribution >= 0.6 is 11.6 Å². The van der Waals surface area contributed by atoms with Crippen molar-refractivity contribution in [2.24, 2.45) is 0 Å². The second-order valence-electron chi connectivity index (χ2n) is 5.36. The summed E-state index contributed by atoms with van der Waals surface area (Å²) in [5, 5.41) is 10.4. The second-order valence-corrected chi connectivity index (χ2v) is 5.77. The van der Waals surface area contributed by atoms with Crippen molar-refractivity contribution in [2.45, 2.75) is 38.5 Å². The Labute approximate surface area is 141 Å². The Bertz CT molecular complexity index is 678. The molecular weight excluding hydrogens is 349 g/mol. The van der Waals surface area contributed by atoms with Gasteiger partial charge in [0, 0.05) is 5.56 Å². The van der Waals surface area contributed by atoms with E-state index in [-0.39, 0.29) is 27.7 Å². The third-order valence-electron chi connectivity index (χ3n) is 3.92. The fraction of sp³-hybridized carbons (Fsp3) is 0.438. The molecule has 0 bridgehead atoms. The van der Waals surface area contributed by atoms with Gasteiger partial charge in [-0.2, -0.15) is 13.2 Å². The van der Waals surface area contributed by atoms with Crippen LogP contribution in [0.4, 0.5) is 13.2 Å². The maximum atomic E-state index is 12.2. The van der Waals surface area contributed by atoms with Crippen LogP contribution in [0.15, 0.2) is 24.0 Å². The predicted octanol–water partition coefficient (Wildman–Crippen LogP) is 4.67. The molecule has 0 aliphatic carbocycles. The van der Waals surface area contributed by atoms with Crippen LogP contribution in [0, 0.1) is 0 Å². The maximum Gasteiger partial charge on any atom is 0.422 e. The lowest BCUT2D eigenvalue weighted by Gasteiger charge is -2.24. The molecule has 0 fully saturated rings. The van der Waals surface area contributed by atoms with Crippen molar-refractivity contribution < 1.29 is 32.5 Å². The molecule has 0 radical (unpaired) electrons. The molecule has 4 nitrogen and oxygen atoms in total. The van der Waals surface area contributed by atoms with E-state index in [9.17, 15) is 23.1 Å². The maximum absolute atomic E-state index is 12.2. The Hall–Kier alpha value is -1.89. The number of alkyl halides is 3. The summed E-state index contributed by atoms with van der Waals surface area (Å²) in [4.78, 5) is 12.1. The summed E-state index contributed by atoms with van der Waals surface area (Å²) < 4.78 is 46.4. The van der Waals surface area contributed by atoms with Crippen LogP contribution in [-0.2, 0) is 9.53 Å². The highest BCUT2D eigenvalue weighted by Crippen LogP contribution is 2.42. The fourth-order valence-corrected chi connectivity index (χ4v) is 2.79. The zero-order chi connectivity index (χ0) is 18.1. The fourth-order valence-electron chi connectivity index (χ4n) is 2.52. The summed E-state index contributed by atoms with van der Waals surface area (Å²) in [6.45, 7) is 2.09. The zero-order valence-electron chi connectivity index (χ0n) is 13.0. The number of halogens is 4. The highest BCUT2D eigenvalue weighted by molar-refractivity contribution is 6.35. The van der Waals surface area contributed by atoms with Gasteiger partial charge in [0.25, 0.3) is 0 Å². The van der Waals surface area contributed by atoms with E-state index in [1.165, 1.54) is 12.1 Å². The van der Waals surface area contributed by atoms with Crippen molar-refractivity contribution in [3.63, 3.8) is 0 Å². The van der Waals surface area contributed by atoms with E-state index in [1.54, 1.807) is 13.8 Å². The standard InChI is InChI=1S/C16H16ClF3O4/c1-3-15(4-2)13(21)12(14(22)24-15)10-6-5-9(7-11(10)17)23-8-16(18,19)20/h5-7,21H,3-4,8H2,1-2H3. The van der Waals surface area contributed by atoms with Gasteiger partial charge in [-0.3, -0.25) is 0 Å². The quantitative estimate of drug-likeness (QED) is 0.772. The van der Waals surface area contributed by atoms with Crippen molar-refractivity contribution in [1.29, 1.82) is 0 Å². The van der Waals surface area contributed by atoms with Crippen molar-refractivity contribution in [2.75, 3.05) is 6.61 Å². The monoisotopic (exact) mass is 364 g/mol. The number of cyclic esters (lactones) is 1. The van der Waals surface area contributed by atoms with Gasteiger partial charge in [0.1, 0.15) is 11.3 Å². The minimum atomic E-state index is -4.47. The predicted molar refractivity (Wildman–Crippen MR) is 82.0 cm³/mol. The van der Waals surface area contributed by atoms with Crippen LogP contribution in [-0.4, -0.2) is 29.5 Å². The average molecular weight is 365 g/mol. The number of aliphatic hydroxyl groups is 1. The number of rotatable bonds is 5. The molecule has 2 rings (SSSR count). The number of carbonyl (C=O) groups is 1. The molecule has 0 aromatic heterocycles. The second kappa shape index (κ2) is 6.55. The first-order valence-corrected chi connectivity index (χ1v) is 7.68. The Morgan fingerprint density at radius 3 is 2.38 bits per heavy atom. The molecule has 0 saturated heterocycles. The smallest absolute Gasteiger partial charge is 0.422 e. The van der Waals surface area contributed by atoms with Crippen LogP contribution < -0.4 is 4.74 Å². The molecule has 1 aromatic rings. The molecular formula is C16H16ClF3O4. The molecule has 1 aromatic carbocycles. The minimum Gasteiger partial charge on any atom is -0.507 e. The molecule has 0 unspecified atom stereocenters. The van der Waals surface area contributed by atoms with Crippen molar-refractivity contribution >= 4 is 23.1 Å². The third-order valence-corrected chi connectivity index (χ3v) is 4.23. The Kier molecular flexibility index (Phi) is 5.03. The minimum absolute atomic E-state index is 0.0174. The van der Waals surface area contributed by atoms with E-state index >= 15 is 0 Å². The van der Waals surface area contributed by atoms with Crippen LogP contribution in [0.1, 0.15) is 32.3 Å². The van der Waals surface area contributed by atoms with Gasteiger partial charge >= 0.3 is 12.1 Å². The van der Waals surface area contributed by atoms with E-state index in [4.69, 9.17) is 16.3 Å². The van der Waals surface area contributed by atoms with Crippen LogP contribution in [0.25, 0.3) is 5.57 Å². The molecule has 132 valence electrons. The first-order valence-electron chi connectivity index (χ1n) is 7.30. The van der Waals surface area contributed by atoms with E-state index < -0.39 is 24.4 Å². The summed E-state index contributed by atoms with van der Waals surface area (Å²) in [5.74, 6) is -1.03. The van der Waals surface area contributed by atoms with Crippen molar-refractivity contribution in [3.8, 4) is 5.75 Å².